The van der Waals surface area contributed by atoms with Crippen LogP contribution >= 0.6 is 0 Å². The van der Waals surface area contributed by atoms with Gasteiger partial charge < -0.3 is 9.88 Å². The highest BCUT2D eigenvalue weighted by molar-refractivity contribution is 5.95. The quantitative estimate of drug-likeness (QED) is 0.588. The van der Waals surface area contributed by atoms with Gasteiger partial charge in [0.05, 0.1) is 12.6 Å². The summed E-state index contributed by atoms with van der Waals surface area (Å²) in [5, 5.41) is 3.05. The molecule has 0 saturated heterocycles. The molecule has 1 heterocycles. The monoisotopic (exact) mass is 396 g/mol. The van der Waals surface area contributed by atoms with Gasteiger partial charge in [-0.3, -0.25) is 4.79 Å². The summed E-state index contributed by atoms with van der Waals surface area (Å²) in [5.74, 6) is -1.43. The third-order valence-corrected chi connectivity index (χ3v) is 5.48. The Morgan fingerprint density at radius 3 is 2.41 bits per heavy atom. The molecule has 0 radical (unpaired) electrons. The molecule has 3 rings (SSSR count). The van der Waals surface area contributed by atoms with Crippen LogP contribution in [-0.2, 0) is 13.0 Å². The predicted octanol–water partition coefficient (Wildman–Crippen LogP) is 5.48. The average Bonchev–Trinajstić information content (AvgIpc) is 2.93. The van der Waals surface area contributed by atoms with Crippen molar-refractivity contribution >= 4 is 5.91 Å². The van der Waals surface area contributed by atoms with Crippen LogP contribution in [0.2, 0.25) is 0 Å². The van der Waals surface area contributed by atoms with Crippen LogP contribution in [0.1, 0.15) is 58.3 Å². The fourth-order valence-corrected chi connectivity index (χ4v) is 3.87. The van der Waals surface area contributed by atoms with Crippen molar-refractivity contribution in [3.63, 3.8) is 0 Å². The van der Waals surface area contributed by atoms with Crippen molar-refractivity contribution in [2.45, 2.75) is 46.7 Å². The van der Waals surface area contributed by atoms with E-state index in [1.807, 2.05) is 62.6 Å². The molecule has 0 fully saturated rings. The van der Waals surface area contributed by atoms with Crippen LogP contribution in [-0.4, -0.2) is 10.5 Å². The molecule has 1 atom stereocenters. The molecule has 5 heteroatoms. The minimum absolute atomic E-state index is 0.167. The minimum atomic E-state index is -0.615. The first-order valence-electron chi connectivity index (χ1n) is 9.81. The van der Waals surface area contributed by atoms with Crippen LogP contribution < -0.4 is 5.32 Å². The first-order valence-corrected chi connectivity index (χ1v) is 9.81. The molecule has 1 amide bonds. The average molecular weight is 396 g/mol. The highest BCUT2D eigenvalue weighted by Gasteiger charge is 2.24. The number of nitrogens with zero attached hydrogens (tertiary/aromatic N) is 1. The van der Waals surface area contributed by atoms with E-state index in [0.29, 0.717) is 11.3 Å². The third kappa shape index (κ3) is 4.24. The van der Waals surface area contributed by atoms with Crippen molar-refractivity contribution in [2.24, 2.45) is 0 Å². The molecule has 3 nitrogen and oxygen atoms in total. The summed E-state index contributed by atoms with van der Waals surface area (Å²) in [5.41, 5.74) is 4.76. The number of aromatic nitrogens is 1. The molecule has 0 aliphatic carbocycles. The summed E-state index contributed by atoms with van der Waals surface area (Å²) in [6.45, 7) is 7.99. The van der Waals surface area contributed by atoms with E-state index in [9.17, 15) is 13.6 Å². The normalized spacial score (nSPS) is 12.1. The van der Waals surface area contributed by atoms with Gasteiger partial charge in [0.15, 0.2) is 0 Å². The van der Waals surface area contributed by atoms with Crippen molar-refractivity contribution in [3.8, 4) is 0 Å². The van der Waals surface area contributed by atoms with E-state index in [0.717, 1.165) is 34.9 Å². The minimum Gasteiger partial charge on any atom is -0.344 e. The maximum atomic E-state index is 14.3. The second kappa shape index (κ2) is 8.60. The van der Waals surface area contributed by atoms with Gasteiger partial charge in [0.2, 0.25) is 0 Å². The Kier molecular flexibility index (Phi) is 6.16. The first-order chi connectivity index (χ1) is 13.8. The number of hydrogen-bond donors (Lipinski definition) is 1. The SMILES string of the molecule is CCc1c(C)c(C(=O)N[C@H](C)c2ccccc2)n(Cc2ccc(F)cc2F)c1C. The van der Waals surface area contributed by atoms with E-state index in [-0.39, 0.29) is 18.5 Å². The Bertz CT molecular complexity index is 1030. The zero-order valence-corrected chi connectivity index (χ0v) is 17.2. The molecule has 152 valence electrons. The molecular weight excluding hydrogens is 370 g/mol. The molecule has 1 N–H and O–H groups in total. The fourth-order valence-electron chi connectivity index (χ4n) is 3.87. The molecule has 0 aliphatic rings. The number of carbonyl (C=O) groups is 1. The Morgan fingerprint density at radius 2 is 1.79 bits per heavy atom. The molecule has 2 aromatic carbocycles. The highest BCUT2D eigenvalue weighted by atomic mass is 19.1. The largest absolute Gasteiger partial charge is 0.344 e. The second-order valence-corrected chi connectivity index (χ2v) is 7.32. The summed E-state index contributed by atoms with van der Waals surface area (Å²) in [6, 6.07) is 13.1. The Balaban J connectivity index is 1.98. The van der Waals surface area contributed by atoms with Gasteiger partial charge in [0, 0.05) is 17.3 Å². The number of hydrogen-bond acceptors (Lipinski definition) is 1. The van der Waals surface area contributed by atoms with Gasteiger partial charge in [-0.1, -0.05) is 43.3 Å². The molecule has 0 bridgehead atoms. The van der Waals surface area contributed by atoms with Crippen molar-refractivity contribution in [2.75, 3.05) is 0 Å². The predicted molar refractivity (Wildman–Crippen MR) is 111 cm³/mol. The third-order valence-electron chi connectivity index (χ3n) is 5.48. The molecule has 29 heavy (non-hydrogen) atoms. The van der Waals surface area contributed by atoms with Crippen molar-refractivity contribution in [3.05, 3.63) is 93.8 Å². The van der Waals surface area contributed by atoms with Gasteiger partial charge in [-0.05, 0) is 49.9 Å². The molecule has 0 spiro atoms. The maximum absolute atomic E-state index is 14.3. The van der Waals surface area contributed by atoms with Crippen LogP contribution in [0.5, 0.6) is 0 Å². The summed E-state index contributed by atoms with van der Waals surface area (Å²) in [4.78, 5) is 13.2. The van der Waals surface area contributed by atoms with Gasteiger partial charge in [0.25, 0.3) is 5.91 Å². The van der Waals surface area contributed by atoms with E-state index < -0.39 is 11.6 Å². The zero-order chi connectivity index (χ0) is 21.1. The Hall–Kier alpha value is -2.95. The number of amides is 1. The summed E-state index contributed by atoms with van der Waals surface area (Å²) in [6.07, 6.45) is 0.769. The standard InChI is InChI=1S/C24H26F2N2O/c1-5-21-15(2)23(24(29)27-16(3)18-9-7-6-8-10-18)28(17(21)4)14-19-11-12-20(25)13-22(19)26/h6-13,16H,5,14H2,1-4H3,(H,27,29)/t16-/m1/s1. The molecule has 0 saturated carbocycles. The lowest BCUT2D eigenvalue weighted by Gasteiger charge is -2.17. The number of nitrogens with one attached hydrogen (secondary N) is 1. The van der Waals surface area contributed by atoms with Crippen LogP contribution in [0.4, 0.5) is 8.78 Å². The van der Waals surface area contributed by atoms with E-state index in [1.54, 1.807) is 0 Å². The second-order valence-electron chi connectivity index (χ2n) is 7.32. The van der Waals surface area contributed by atoms with Crippen LogP contribution in [0.15, 0.2) is 48.5 Å². The first kappa shape index (κ1) is 20.8. The number of benzene rings is 2. The number of halogens is 2. The highest BCUT2D eigenvalue weighted by Crippen LogP contribution is 2.26. The molecule has 1 aromatic heterocycles. The van der Waals surface area contributed by atoms with E-state index in [1.165, 1.54) is 12.1 Å². The van der Waals surface area contributed by atoms with Crippen molar-refractivity contribution in [1.82, 2.24) is 9.88 Å². The molecule has 3 aromatic rings. The van der Waals surface area contributed by atoms with Crippen molar-refractivity contribution in [1.29, 1.82) is 0 Å². The van der Waals surface area contributed by atoms with E-state index in [2.05, 4.69) is 5.32 Å². The topological polar surface area (TPSA) is 34.0 Å². The summed E-state index contributed by atoms with van der Waals surface area (Å²) in [7, 11) is 0. The van der Waals surface area contributed by atoms with Gasteiger partial charge in [-0.2, -0.15) is 0 Å². The fraction of sp³-hybridized carbons (Fsp3) is 0.292. The molecule has 0 aliphatic heterocycles. The van der Waals surface area contributed by atoms with E-state index >= 15 is 0 Å². The van der Waals surface area contributed by atoms with Gasteiger partial charge in [-0.15, -0.1) is 0 Å². The smallest absolute Gasteiger partial charge is 0.268 e. The number of carbonyl (C=O) groups excluding carboxylic acids is 1. The lowest BCUT2D eigenvalue weighted by atomic mass is 10.1. The summed E-state index contributed by atoms with van der Waals surface area (Å²) >= 11 is 0. The van der Waals surface area contributed by atoms with Crippen LogP contribution in [0, 0.1) is 25.5 Å². The van der Waals surface area contributed by atoms with Crippen molar-refractivity contribution < 1.29 is 13.6 Å². The summed E-state index contributed by atoms with van der Waals surface area (Å²) < 4.78 is 29.4. The van der Waals surface area contributed by atoms with Gasteiger partial charge >= 0.3 is 0 Å². The zero-order valence-electron chi connectivity index (χ0n) is 17.2. The Labute approximate surface area is 170 Å². The van der Waals surface area contributed by atoms with Gasteiger partial charge in [-0.25, -0.2) is 8.78 Å². The maximum Gasteiger partial charge on any atom is 0.268 e. The lowest BCUT2D eigenvalue weighted by Crippen LogP contribution is -2.29. The Morgan fingerprint density at radius 1 is 1.10 bits per heavy atom. The number of rotatable bonds is 6. The van der Waals surface area contributed by atoms with Gasteiger partial charge in [0.1, 0.15) is 17.3 Å². The molecular formula is C24H26F2N2O. The van der Waals surface area contributed by atoms with E-state index in [4.69, 9.17) is 0 Å². The molecule has 0 unspecified atom stereocenters. The van der Waals surface area contributed by atoms with Crippen LogP contribution in [0.25, 0.3) is 0 Å². The lowest BCUT2D eigenvalue weighted by molar-refractivity contribution is 0.0930. The van der Waals surface area contributed by atoms with Crippen LogP contribution in [0.3, 0.4) is 0 Å².